The lowest BCUT2D eigenvalue weighted by atomic mass is 9.99. The number of carbonyl (C=O) groups excluding carboxylic acids is 1. The van der Waals surface area contributed by atoms with Gasteiger partial charge in [-0.25, -0.2) is 0 Å². The average Bonchev–Trinajstić information content (AvgIpc) is 3.25. The molecule has 9 nitrogen and oxygen atoms in total. The van der Waals surface area contributed by atoms with Crippen molar-refractivity contribution in [2.45, 2.75) is 281 Å². The lowest BCUT2D eigenvalue weighted by Gasteiger charge is -2.40. The van der Waals surface area contributed by atoms with E-state index in [-0.39, 0.29) is 12.5 Å². The Morgan fingerprint density at radius 2 is 0.933 bits per heavy atom. The molecule has 1 aliphatic rings. The molecule has 354 valence electrons. The summed E-state index contributed by atoms with van der Waals surface area (Å²) in [5.74, 6) is -0.178. The fraction of sp³-hybridized carbons (Fsp3) is 0.902. The first-order valence-electron chi connectivity index (χ1n) is 25.6. The molecule has 0 aromatic carbocycles. The first-order valence-corrected chi connectivity index (χ1v) is 25.6. The SMILES string of the molecule is CCCCCCCCC/C=C/C(O)C(COC1OC(CO)C(O)C(O)C1O)NC(=O)CCCCCCCCCCCCCC/C=C\CCCCCCCCCCCCCC. The van der Waals surface area contributed by atoms with Crippen LogP contribution in [0, 0.1) is 0 Å². The van der Waals surface area contributed by atoms with E-state index < -0.39 is 49.5 Å². The molecule has 9 heteroatoms. The molecule has 1 rings (SSSR count). The van der Waals surface area contributed by atoms with Crippen molar-refractivity contribution in [3.8, 4) is 0 Å². The van der Waals surface area contributed by atoms with Crippen molar-refractivity contribution in [1.82, 2.24) is 5.32 Å². The van der Waals surface area contributed by atoms with Crippen molar-refractivity contribution >= 4 is 5.91 Å². The molecule has 0 radical (unpaired) electrons. The van der Waals surface area contributed by atoms with Crippen molar-refractivity contribution < 1.29 is 39.8 Å². The predicted molar refractivity (Wildman–Crippen MR) is 249 cm³/mol. The third-order valence-corrected chi connectivity index (χ3v) is 12.3. The number of allylic oxidation sites excluding steroid dienone is 3. The van der Waals surface area contributed by atoms with Gasteiger partial charge in [-0.15, -0.1) is 0 Å². The van der Waals surface area contributed by atoms with E-state index in [1.165, 1.54) is 180 Å². The summed E-state index contributed by atoms with van der Waals surface area (Å²) in [5, 5.41) is 54.1. The molecule has 0 aromatic rings. The number of carbonyl (C=O) groups is 1. The zero-order valence-corrected chi connectivity index (χ0v) is 39.0. The molecule has 0 spiro atoms. The van der Waals surface area contributed by atoms with Gasteiger partial charge in [0.25, 0.3) is 0 Å². The Balaban J connectivity index is 2.14. The summed E-state index contributed by atoms with van der Waals surface area (Å²) in [6, 6.07) is -0.800. The number of amides is 1. The number of hydrogen-bond donors (Lipinski definition) is 6. The molecular weight excluding hydrogens is 755 g/mol. The molecule has 7 unspecified atom stereocenters. The molecule has 1 amide bonds. The summed E-state index contributed by atoms with van der Waals surface area (Å²) >= 11 is 0. The molecular formula is C51H97NO8. The second-order valence-electron chi connectivity index (χ2n) is 18.0. The highest BCUT2D eigenvalue weighted by Crippen LogP contribution is 2.23. The predicted octanol–water partition coefficient (Wildman–Crippen LogP) is 11.5. The average molecular weight is 852 g/mol. The summed E-state index contributed by atoms with van der Waals surface area (Å²) in [6.07, 6.45) is 44.0. The van der Waals surface area contributed by atoms with Gasteiger partial charge in [0.2, 0.25) is 5.91 Å². The van der Waals surface area contributed by atoms with Crippen molar-refractivity contribution in [2.24, 2.45) is 0 Å². The molecule has 60 heavy (non-hydrogen) atoms. The Labute approximate surface area is 369 Å². The number of aliphatic hydroxyl groups is 5. The summed E-state index contributed by atoms with van der Waals surface area (Å²) in [5.41, 5.74) is 0. The highest BCUT2D eigenvalue weighted by atomic mass is 16.7. The van der Waals surface area contributed by atoms with Crippen molar-refractivity contribution in [3.63, 3.8) is 0 Å². The van der Waals surface area contributed by atoms with Crippen LogP contribution in [0.3, 0.4) is 0 Å². The Hall–Kier alpha value is -1.33. The first-order chi connectivity index (χ1) is 29.3. The first kappa shape index (κ1) is 56.7. The van der Waals surface area contributed by atoms with Crippen molar-refractivity contribution in [3.05, 3.63) is 24.3 Å². The second kappa shape index (κ2) is 41.7. The number of rotatable bonds is 43. The minimum absolute atomic E-state index is 0.178. The van der Waals surface area contributed by atoms with E-state index in [0.29, 0.717) is 6.42 Å². The number of ether oxygens (including phenoxy) is 2. The van der Waals surface area contributed by atoms with Gasteiger partial charge in [0.1, 0.15) is 24.4 Å². The second-order valence-corrected chi connectivity index (χ2v) is 18.0. The minimum Gasteiger partial charge on any atom is -0.394 e. The smallest absolute Gasteiger partial charge is 0.220 e. The Morgan fingerprint density at radius 3 is 1.35 bits per heavy atom. The maximum atomic E-state index is 12.9. The summed E-state index contributed by atoms with van der Waals surface area (Å²) in [6.45, 7) is 3.75. The largest absolute Gasteiger partial charge is 0.394 e. The molecule has 1 saturated heterocycles. The third kappa shape index (κ3) is 31.5. The van der Waals surface area contributed by atoms with Gasteiger partial charge >= 0.3 is 0 Å². The molecule has 1 fully saturated rings. The summed E-state index contributed by atoms with van der Waals surface area (Å²) in [4.78, 5) is 12.9. The fourth-order valence-electron chi connectivity index (χ4n) is 8.15. The fourth-order valence-corrected chi connectivity index (χ4v) is 8.15. The molecule has 0 saturated carbocycles. The number of unbranched alkanes of at least 4 members (excludes halogenated alkanes) is 31. The Morgan fingerprint density at radius 1 is 0.550 bits per heavy atom. The number of hydrogen-bond acceptors (Lipinski definition) is 8. The number of nitrogens with one attached hydrogen (secondary N) is 1. The van der Waals surface area contributed by atoms with Crippen LogP contribution in [0.1, 0.15) is 239 Å². The van der Waals surface area contributed by atoms with Crippen molar-refractivity contribution in [2.75, 3.05) is 13.2 Å². The van der Waals surface area contributed by atoms with E-state index in [1.807, 2.05) is 6.08 Å². The van der Waals surface area contributed by atoms with Crippen LogP contribution in [-0.4, -0.2) is 87.5 Å². The topological polar surface area (TPSA) is 149 Å². The van der Waals surface area contributed by atoms with Crippen LogP contribution in [0.5, 0.6) is 0 Å². The Kier molecular flexibility index (Phi) is 39.4. The van der Waals surface area contributed by atoms with Crippen LogP contribution in [0.25, 0.3) is 0 Å². The van der Waals surface area contributed by atoms with Crippen LogP contribution >= 0.6 is 0 Å². The zero-order valence-electron chi connectivity index (χ0n) is 39.0. The van der Waals surface area contributed by atoms with Gasteiger partial charge in [0, 0.05) is 6.42 Å². The van der Waals surface area contributed by atoms with E-state index in [4.69, 9.17) is 9.47 Å². The van der Waals surface area contributed by atoms with E-state index in [1.54, 1.807) is 6.08 Å². The van der Waals surface area contributed by atoms with Gasteiger partial charge in [-0.2, -0.15) is 0 Å². The van der Waals surface area contributed by atoms with Crippen LogP contribution in [0.15, 0.2) is 24.3 Å². The van der Waals surface area contributed by atoms with Gasteiger partial charge in [0.05, 0.1) is 25.4 Å². The monoisotopic (exact) mass is 852 g/mol. The molecule has 0 aromatic heterocycles. The van der Waals surface area contributed by atoms with Crippen LogP contribution < -0.4 is 5.32 Å². The lowest BCUT2D eigenvalue weighted by Crippen LogP contribution is -2.60. The van der Waals surface area contributed by atoms with Gasteiger partial charge in [-0.3, -0.25) is 4.79 Å². The minimum atomic E-state index is -1.56. The summed E-state index contributed by atoms with van der Waals surface area (Å²) in [7, 11) is 0. The molecule has 0 aliphatic carbocycles. The van der Waals surface area contributed by atoms with Gasteiger partial charge in [-0.05, 0) is 44.9 Å². The molecule has 6 N–H and O–H groups in total. The zero-order chi connectivity index (χ0) is 43.7. The van der Waals surface area contributed by atoms with E-state index in [2.05, 4.69) is 31.3 Å². The maximum Gasteiger partial charge on any atom is 0.220 e. The Bertz CT molecular complexity index is 992. The standard InChI is InChI=1S/C51H97NO8/c1-3-5-7-9-11-13-14-15-16-17-18-19-20-21-22-23-24-25-26-27-28-29-30-31-33-35-37-39-41-47(55)52-44(45(54)40-38-36-34-32-12-10-8-6-4-2)43-59-51-50(58)49(57)48(56)46(42-53)60-51/h21-22,38,40,44-46,48-51,53-54,56-58H,3-20,23-37,39,41-43H2,1-2H3,(H,52,55)/b22-21-,40-38+. The van der Waals surface area contributed by atoms with Crippen molar-refractivity contribution in [1.29, 1.82) is 0 Å². The van der Waals surface area contributed by atoms with E-state index in [9.17, 15) is 30.3 Å². The normalized spacial score (nSPS) is 20.7. The van der Waals surface area contributed by atoms with E-state index in [0.717, 1.165) is 38.5 Å². The maximum absolute atomic E-state index is 12.9. The van der Waals surface area contributed by atoms with Crippen LogP contribution in [0.2, 0.25) is 0 Å². The van der Waals surface area contributed by atoms with Gasteiger partial charge in [-0.1, -0.05) is 212 Å². The molecule has 1 aliphatic heterocycles. The van der Waals surface area contributed by atoms with Gasteiger partial charge < -0.3 is 40.3 Å². The van der Waals surface area contributed by atoms with Crippen LogP contribution in [-0.2, 0) is 14.3 Å². The highest BCUT2D eigenvalue weighted by Gasteiger charge is 2.44. The quantitative estimate of drug-likeness (QED) is 0.0262. The third-order valence-electron chi connectivity index (χ3n) is 12.3. The number of aliphatic hydroxyl groups excluding tert-OH is 5. The lowest BCUT2D eigenvalue weighted by molar-refractivity contribution is -0.302. The molecule has 7 atom stereocenters. The highest BCUT2D eigenvalue weighted by molar-refractivity contribution is 5.76. The van der Waals surface area contributed by atoms with Gasteiger partial charge in [0.15, 0.2) is 6.29 Å². The summed E-state index contributed by atoms with van der Waals surface area (Å²) < 4.78 is 11.2. The van der Waals surface area contributed by atoms with Crippen LogP contribution in [0.4, 0.5) is 0 Å². The molecule has 0 bridgehead atoms. The van der Waals surface area contributed by atoms with E-state index >= 15 is 0 Å². The molecule has 1 heterocycles.